The van der Waals surface area contributed by atoms with Crippen LogP contribution in [0.4, 0.5) is 0 Å². The van der Waals surface area contributed by atoms with E-state index in [-0.39, 0.29) is 5.41 Å². The van der Waals surface area contributed by atoms with Gasteiger partial charge >= 0.3 is 0 Å². The molecule has 2 aromatic carbocycles. The normalized spacial score (nSPS) is 15.5. The average molecular weight is 339 g/mol. The van der Waals surface area contributed by atoms with Gasteiger partial charge in [0.2, 0.25) is 0 Å². The smallest absolute Gasteiger partial charge is 0.188 e. The van der Waals surface area contributed by atoms with Crippen LogP contribution in [0.15, 0.2) is 53.5 Å². The van der Waals surface area contributed by atoms with Crippen LogP contribution in [0.3, 0.4) is 0 Å². The van der Waals surface area contributed by atoms with E-state index in [2.05, 4.69) is 34.6 Å². The molecule has 1 aliphatic rings. The van der Waals surface area contributed by atoms with E-state index in [4.69, 9.17) is 15.2 Å². The third-order valence-electron chi connectivity index (χ3n) is 4.73. The Bertz CT molecular complexity index is 740. The van der Waals surface area contributed by atoms with Gasteiger partial charge in [0.15, 0.2) is 17.5 Å². The van der Waals surface area contributed by atoms with Gasteiger partial charge in [-0.3, -0.25) is 0 Å². The summed E-state index contributed by atoms with van der Waals surface area (Å²) in [6.45, 7) is 1.32. The lowest BCUT2D eigenvalue weighted by Gasteiger charge is -2.17. The van der Waals surface area contributed by atoms with E-state index in [0.29, 0.717) is 24.0 Å². The number of hydrogen-bond donors (Lipinski definition) is 2. The van der Waals surface area contributed by atoms with Crippen molar-refractivity contribution in [2.75, 3.05) is 20.8 Å². The predicted octanol–water partition coefficient (Wildman–Crippen LogP) is 2.84. The Hall–Kier alpha value is -2.69. The Morgan fingerprint density at radius 2 is 1.80 bits per heavy atom. The van der Waals surface area contributed by atoms with Gasteiger partial charge in [0.25, 0.3) is 0 Å². The molecule has 5 heteroatoms. The molecule has 5 nitrogen and oxygen atoms in total. The second kappa shape index (κ2) is 7.47. The maximum atomic E-state index is 6.04. The van der Waals surface area contributed by atoms with Crippen molar-refractivity contribution < 1.29 is 9.47 Å². The van der Waals surface area contributed by atoms with E-state index in [1.807, 2.05) is 24.3 Å². The number of rotatable bonds is 7. The zero-order valence-corrected chi connectivity index (χ0v) is 14.8. The number of benzene rings is 2. The first kappa shape index (κ1) is 17.1. The standard InChI is InChI=1S/C20H25N3O2/c1-24-17-9-8-15(12-18(17)25-2)13-22-19(21)23-14-20(10-11-20)16-6-4-3-5-7-16/h3-9,12H,10-11,13-14H2,1-2H3,(H3,21,22,23). The third-order valence-corrected chi connectivity index (χ3v) is 4.73. The highest BCUT2D eigenvalue weighted by molar-refractivity contribution is 5.78. The number of nitrogens with one attached hydrogen (secondary N) is 1. The zero-order valence-electron chi connectivity index (χ0n) is 14.8. The van der Waals surface area contributed by atoms with Crippen molar-refractivity contribution in [2.45, 2.75) is 24.8 Å². The summed E-state index contributed by atoms with van der Waals surface area (Å²) < 4.78 is 10.6. The summed E-state index contributed by atoms with van der Waals surface area (Å²) in [4.78, 5) is 4.44. The minimum atomic E-state index is 0.213. The van der Waals surface area contributed by atoms with Gasteiger partial charge in [0.1, 0.15) is 0 Å². The molecule has 2 aromatic rings. The molecule has 0 unspecified atom stereocenters. The second-order valence-corrected chi connectivity index (χ2v) is 6.39. The number of nitrogens with zero attached hydrogens (tertiary/aromatic N) is 1. The van der Waals surface area contributed by atoms with Gasteiger partial charge in [0.05, 0.1) is 20.8 Å². The van der Waals surface area contributed by atoms with Crippen LogP contribution in [-0.4, -0.2) is 26.7 Å². The van der Waals surface area contributed by atoms with Gasteiger partial charge in [-0.05, 0) is 36.1 Å². The molecule has 1 fully saturated rings. The highest BCUT2D eigenvalue weighted by Crippen LogP contribution is 2.47. The van der Waals surface area contributed by atoms with E-state index >= 15 is 0 Å². The van der Waals surface area contributed by atoms with Crippen molar-refractivity contribution >= 4 is 5.96 Å². The Morgan fingerprint density at radius 3 is 2.44 bits per heavy atom. The molecular formula is C20H25N3O2. The average Bonchev–Trinajstić information content (AvgIpc) is 3.46. The van der Waals surface area contributed by atoms with Crippen LogP contribution in [0.5, 0.6) is 11.5 Å². The molecule has 3 N–H and O–H groups in total. The van der Waals surface area contributed by atoms with Gasteiger partial charge in [-0.1, -0.05) is 36.4 Å². The largest absolute Gasteiger partial charge is 0.493 e. The maximum Gasteiger partial charge on any atom is 0.188 e. The summed E-state index contributed by atoms with van der Waals surface area (Å²) in [6, 6.07) is 16.4. The Balaban J connectivity index is 1.58. The molecule has 0 heterocycles. The van der Waals surface area contributed by atoms with Crippen LogP contribution >= 0.6 is 0 Å². The van der Waals surface area contributed by atoms with Crippen molar-refractivity contribution in [1.82, 2.24) is 5.32 Å². The lowest BCUT2D eigenvalue weighted by Crippen LogP contribution is -2.37. The van der Waals surface area contributed by atoms with Crippen molar-refractivity contribution in [3.05, 3.63) is 59.7 Å². The predicted molar refractivity (Wildman–Crippen MR) is 100 cm³/mol. The number of hydrogen-bond acceptors (Lipinski definition) is 3. The van der Waals surface area contributed by atoms with Gasteiger partial charge in [-0.15, -0.1) is 0 Å². The van der Waals surface area contributed by atoms with Crippen LogP contribution in [0.2, 0.25) is 0 Å². The van der Waals surface area contributed by atoms with E-state index < -0.39 is 0 Å². The van der Waals surface area contributed by atoms with Crippen LogP contribution in [-0.2, 0) is 12.0 Å². The Morgan fingerprint density at radius 1 is 1.08 bits per heavy atom. The van der Waals surface area contributed by atoms with Gasteiger partial charge < -0.3 is 20.5 Å². The van der Waals surface area contributed by atoms with Crippen molar-refractivity contribution in [1.29, 1.82) is 0 Å². The molecule has 25 heavy (non-hydrogen) atoms. The highest BCUT2D eigenvalue weighted by atomic mass is 16.5. The third kappa shape index (κ3) is 4.05. The second-order valence-electron chi connectivity index (χ2n) is 6.39. The molecule has 0 radical (unpaired) electrons. The molecule has 0 atom stereocenters. The van der Waals surface area contributed by atoms with Crippen molar-refractivity contribution in [3.8, 4) is 11.5 Å². The lowest BCUT2D eigenvalue weighted by atomic mass is 9.96. The van der Waals surface area contributed by atoms with Crippen LogP contribution < -0.4 is 20.5 Å². The van der Waals surface area contributed by atoms with E-state index in [9.17, 15) is 0 Å². The van der Waals surface area contributed by atoms with Crippen LogP contribution in [0.1, 0.15) is 24.0 Å². The molecule has 0 bridgehead atoms. The fourth-order valence-corrected chi connectivity index (χ4v) is 2.98. The Labute approximate surface area is 148 Å². The first-order chi connectivity index (χ1) is 12.2. The van der Waals surface area contributed by atoms with E-state index in [1.165, 1.54) is 18.4 Å². The van der Waals surface area contributed by atoms with E-state index in [0.717, 1.165) is 12.1 Å². The topological polar surface area (TPSA) is 68.9 Å². The molecular weight excluding hydrogens is 314 g/mol. The monoisotopic (exact) mass is 339 g/mol. The number of ether oxygens (including phenoxy) is 2. The summed E-state index contributed by atoms with van der Waals surface area (Å²) >= 11 is 0. The minimum Gasteiger partial charge on any atom is -0.493 e. The number of methoxy groups -OCH3 is 2. The Kier molecular flexibility index (Phi) is 5.12. The van der Waals surface area contributed by atoms with E-state index in [1.54, 1.807) is 14.2 Å². The number of guanidine groups is 1. The molecule has 1 aliphatic carbocycles. The molecule has 3 rings (SSSR count). The highest BCUT2D eigenvalue weighted by Gasteiger charge is 2.43. The minimum absolute atomic E-state index is 0.213. The molecule has 0 aromatic heterocycles. The summed E-state index contributed by atoms with van der Waals surface area (Å²) in [7, 11) is 3.25. The molecule has 0 amide bonds. The van der Waals surface area contributed by atoms with Crippen LogP contribution in [0, 0.1) is 0 Å². The number of aliphatic imine (C=N–C) groups is 1. The fraction of sp³-hybridized carbons (Fsp3) is 0.350. The lowest BCUT2D eigenvalue weighted by molar-refractivity contribution is 0.354. The summed E-state index contributed by atoms with van der Waals surface area (Å²) in [6.07, 6.45) is 2.37. The first-order valence-corrected chi connectivity index (χ1v) is 8.47. The zero-order chi connectivity index (χ0) is 17.7. The quantitative estimate of drug-likeness (QED) is 0.601. The maximum absolute atomic E-state index is 6.04. The fourth-order valence-electron chi connectivity index (χ4n) is 2.98. The molecule has 0 spiro atoms. The van der Waals surface area contributed by atoms with Crippen molar-refractivity contribution in [2.24, 2.45) is 10.7 Å². The molecule has 132 valence electrons. The SMILES string of the molecule is COc1ccc(CN=C(N)NCC2(c3ccccc3)CC2)cc1OC. The van der Waals surface area contributed by atoms with Gasteiger partial charge in [-0.25, -0.2) is 4.99 Å². The van der Waals surface area contributed by atoms with Crippen molar-refractivity contribution in [3.63, 3.8) is 0 Å². The number of nitrogens with two attached hydrogens (primary N) is 1. The molecule has 0 aliphatic heterocycles. The van der Waals surface area contributed by atoms with Gasteiger partial charge in [0, 0.05) is 12.0 Å². The molecule has 0 saturated heterocycles. The summed E-state index contributed by atoms with van der Waals surface area (Å²) in [5.74, 6) is 1.87. The molecule has 1 saturated carbocycles. The summed E-state index contributed by atoms with van der Waals surface area (Å²) in [5, 5.41) is 3.28. The van der Waals surface area contributed by atoms with Crippen LogP contribution in [0.25, 0.3) is 0 Å². The summed E-state index contributed by atoms with van der Waals surface area (Å²) in [5.41, 5.74) is 8.65. The van der Waals surface area contributed by atoms with Gasteiger partial charge in [-0.2, -0.15) is 0 Å². The first-order valence-electron chi connectivity index (χ1n) is 8.47.